The molecule has 1 atom stereocenters. The average Bonchev–Trinajstić information content (AvgIpc) is 3.44. The normalized spacial score (nSPS) is 17.8. The van der Waals surface area contributed by atoms with Gasteiger partial charge in [0, 0.05) is 24.5 Å². The lowest BCUT2D eigenvalue weighted by molar-refractivity contribution is 0.0924. The van der Waals surface area contributed by atoms with Crippen LogP contribution in [0.15, 0.2) is 50.4 Å². The van der Waals surface area contributed by atoms with E-state index < -0.39 is 10.0 Å². The molecule has 0 radical (unpaired) electrons. The molecule has 9 heteroatoms. The molecule has 0 bridgehead atoms. The number of fused-ring (bicyclic) bond motifs is 1. The fraction of sp³-hybridized carbons (Fsp3) is 0.381. The molecule has 3 aromatic rings. The summed E-state index contributed by atoms with van der Waals surface area (Å²) in [6, 6.07) is 10.4. The molecule has 1 unspecified atom stereocenters. The first-order valence-electron chi connectivity index (χ1n) is 9.91. The van der Waals surface area contributed by atoms with E-state index >= 15 is 0 Å². The van der Waals surface area contributed by atoms with Crippen molar-refractivity contribution in [3.05, 3.63) is 47.5 Å². The number of piperidine rings is 1. The molecule has 1 aliphatic rings. The third-order valence-electron chi connectivity index (χ3n) is 5.35. The number of hydrogen-bond acceptors (Lipinski definition) is 6. The molecule has 0 saturated carbocycles. The van der Waals surface area contributed by atoms with E-state index in [1.807, 2.05) is 12.1 Å². The number of hydrogen-bond donors (Lipinski definition) is 1. The number of ether oxygens (including phenoxy) is 1. The van der Waals surface area contributed by atoms with Gasteiger partial charge in [0.25, 0.3) is 15.9 Å². The van der Waals surface area contributed by atoms with Crippen LogP contribution in [0.25, 0.3) is 11.0 Å². The number of thiophene rings is 1. The molecular weight excluding hydrogens is 424 g/mol. The van der Waals surface area contributed by atoms with Gasteiger partial charge >= 0.3 is 0 Å². The molecule has 0 aliphatic carbocycles. The van der Waals surface area contributed by atoms with Gasteiger partial charge < -0.3 is 14.5 Å². The van der Waals surface area contributed by atoms with Crippen LogP contribution < -0.4 is 10.1 Å². The Morgan fingerprint density at radius 2 is 2.17 bits per heavy atom. The number of furan rings is 1. The van der Waals surface area contributed by atoms with E-state index in [1.54, 1.807) is 41.1 Å². The highest BCUT2D eigenvalue weighted by Gasteiger charge is 2.33. The van der Waals surface area contributed by atoms with Gasteiger partial charge in [-0.05, 0) is 42.8 Å². The quantitative estimate of drug-likeness (QED) is 0.593. The number of carbonyl (C=O) groups is 1. The van der Waals surface area contributed by atoms with Gasteiger partial charge in [-0.2, -0.15) is 4.31 Å². The Kier molecular flexibility index (Phi) is 6.12. The highest BCUT2D eigenvalue weighted by molar-refractivity contribution is 7.91. The Bertz CT molecular complexity index is 1120. The maximum atomic E-state index is 13.0. The van der Waals surface area contributed by atoms with E-state index in [0.717, 1.165) is 24.6 Å². The fourth-order valence-electron chi connectivity index (χ4n) is 3.85. The van der Waals surface area contributed by atoms with E-state index in [4.69, 9.17) is 9.15 Å². The lowest BCUT2D eigenvalue weighted by atomic mass is 10.0. The van der Waals surface area contributed by atoms with Crippen LogP contribution in [0.5, 0.6) is 5.75 Å². The van der Waals surface area contributed by atoms with Crippen molar-refractivity contribution in [1.82, 2.24) is 9.62 Å². The number of amides is 1. The SMILES string of the molecule is COc1cccc2cc(C(=O)NCCC3CCCCN3S(=O)(=O)c3cccs3)oc12. The number of para-hydroxylation sites is 1. The van der Waals surface area contributed by atoms with Crippen molar-refractivity contribution in [1.29, 1.82) is 0 Å². The fourth-order valence-corrected chi connectivity index (χ4v) is 6.70. The van der Waals surface area contributed by atoms with Crippen molar-refractivity contribution in [3.8, 4) is 5.75 Å². The summed E-state index contributed by atoms with van der Waals surface area (Å²) >= 11 is 1.23. The lowest BCUT2D eigenvalue weighted by Crippen LogP contribution is -2.44. The predicted molar refractivity (Wildman–Crippen MR) is 116 cm³/mol. The summed E-state index contributed by atoms with van der Waals surface area (Å²) in [4.78, 5) is 12.5. The van der Waals surface area contributed by atoms with E-state index in [-0.39, 0.29) is 17.7 Å². The topological polar surface area (TPSA) is 88.9 Å². The maximum Gasteiger partial charge on any atom is 0.287 e. The minimum atomic E-state index is -3.49. The second-order valence-corrected chi connectivity index (χ2v) is 10.3. The number of rotatable bonds is 7. The van der Waals surface area contributed by atoms with Gasteiger partial charge in [-0.1, -0.05) is 24.6 Å². The summed E-state index contributed by atoms with van der Waals surface area (Å²) in [6.45, 7) is 0.885. The molecule has 30 heavy (non-hydrogen) atoms. The Morgan fingerprint density at radius 1 is 1.30 bits per heavy atom. The van der Waals surface area contributed by atoms with Gasteiger partial charge in [-0.25, -0.2) is 8.42 Å². The second kappa shape index (κ2) is 8.79. The number of benzene rings is 1. The molecular formula is C21H24N2O5S2. The summed E-state index contributed by atoms with van der Waals surface area (Å²) < 4.78 is 38.8. The number of methoxy groups -OCH3 is 1. The van der Waals surface area contributed by atoms with Crippen molar-refractivity contribution in [3.63, 3.8) is 0 Å². The first-order chi connectivity index (χ1) is 14.5. The van der Waals surface area contributed by atoms with Crippen LogP contribution in [-0.2, 0) is 10.0 Å². The molecule has 1 amide bonds. The first-order valence-corrected chi connectivity index (χ1v) is 12.2. The number of sulfonamides is 1. The average molecular weight is 449 g/mol. The Balaban J connectivity index is 1.41. The highest BCUT2D eigenvalue weighted by atomic mass is 32.2. The standard InChI is InChI=1S/C21H24N2O5S2/c1-27-17-8-4-6-15-14-18(28-20(15)17)21(24)22-11-10-16-7-2-3-12-23(16)30(25,26)19-9-5-13-29-19/h4-6,8-9,13-14,16H,2-3,7,10-12H2,1H3,(H,22,24). The Labute approximate surface area is 179 Å². The van der Waals surface area contributed by atoms with Crippen molar-refractivity contribution < 1.29 is 22.4 Å². The molecule has 2 aromatic heterocycles. The molecule has 1 N–H and O–H groups in total. The highest BCUT2D eigenvalue weighted by Crippen LogP contribution is 2.30. The van der Waals surface area contributed by atoms with Crippen LogP contribution >= 0.6 is 11.3 Å². The van der Waals surface area contributed by atoms with Crippen LogP contribution in [0.2, 0.25) is 0 Å². The number of nitrogens with one attached hydrogen (secondary N) is 1. The second-order valence-electron chi connectivity index (χ2n) is 7.23. The van der Waals surface area contributed by atoms with E-state index in [2.05, 4.69) is 5.32 Å². The molecule has 1 aromatic carbocycles. The monoisotopic (exact) mass is 448 g/mol. The molecule has 4 rings (SSSR count). The van der Waals surface area contributed by atoms with Gasteiger partial charge in [0.1, 0.15) is 4.21 Å². The smallest absolute Gasteiger partial charge is 0.287 e. The van der Waals surface area contributed by atoms with Gasteiger partial charge in [0.05, 0.1) is 7.11 Å². The summed E-state index contributed by atoms with van der Waals surface area (Å²) in [5.41, 5.74) is 0.533. The van der Waals surface area contributed by atoms with E-state index in [9.17, 15) is 13.2 Å². The predicted octanol–water partition coefficient (Wildman–Crippen LogP) is 3.87. The third kappa shape index (κ3) is 4.10. The minimum Gasteiger partial charge on any atom is -0.493 e. The largest absolute Gasteiger partial charge is 0.493 e. The Morgan fingerprint density at radius 3 is 2.93 bits per heavy atom. The molecule has 3 heterocycles. The van der Waals surface area contributed by atoms with Crippen molar-refractivity contribution in [2.24, 2.45) is 0 Å². The van der Waals surface area contributed by atoms with Gasteiger partial charge in [0.15, 0.2) is 17.1 Å². The van der Waals surface area contributed by atoms with Gasteiger partial charge in [-0.3, -0.25) is 4.79 Å². The third-order valence-corrected chi connectivity index (χ3v) is 8.67. The molecule has 0 spiro atoms. The van der Waals surface area contributed by atoms with Crippen LogP contribution in [0.4, 0.5) is 0 Å². The maximum absolute atomic E-state index is 13.0. The van der Waals surface area contributed by atoms with Crippen LogP contribution in [0, 0.1) is 0 Å². The molecule has 1 saturated heterocycles. The zero-order valence-electron chi connectivity index (χ0n) is 16.7. The van der Waals surface area contributed by atoms with Gasteiger partial charge in [0.2, 0.25) is 0 Å². The summed E-state index contributed by atoms with van der Waals surface area (Å²) in [7, 11) is -1.94. The molecule has 1 fully saturated rings. The zero-order chi connectivity index (χ0) is 21.1. The molecule has 1 aliphatic heterocycles. The Hall–Kier alpha value is -2.36. The van der Waals surface area contributed by atoms with Crippen LogP contribution in [-0.4, -0.2) is 44.9 Å². The van der Waals surface area contributed by atoms with E-state index in [1.165, 1.54) is 11.3 Å². The van der Waals surface area contributed by atoms with Gasteiger partial charge in [-0.15, -0.1) is 11.3 Å². The van der Waals surface area contributed by atoms with Crippen LogP contribution in [0.1, 0.15) is 36.2 Å². The summed E-state index contributed by atoms with van der Waals surface area (Å²) in [5.74, 6) is 0.459. The van der Waals surface area contributed by atoms with Crippen molar-refractivity contribution in [2.45, 2.75) is 35.9 Å². The van der Waals surface area contributed by atoms with Crippen molar-refractivity contribution >= 4 is 38.2 Å². The first kappa shape index (κ1) is 20.9. The minimum absolute atomic E-state index is 0.123. The zero-order valence-corrected chi connectivity index (χ0v) is 18.3. The van der Waals surface area contributed by atoms with Crippen molar-refractivity contribution in [2.75, 3.05) is 20.2 Å². The molecule has 160 valence electrons. The van der Waals surface area contributed by atoms with E-state index in [0.29, 0.717) is 35.1 Å². The summed E-state index contributed by atoms with van der Waals surface area (Å²) in [5, 5.41) is 5.42. The molecule has 7 nitrogen and oxygen atoms in total. The van der Waals surface area contributed by atoms with Crippen LogP contribution in [0.3, 0.4) is 0 Å². The lowest BCUT2D eigenvalue weighted by Gasteiger charge is -2.34. The number of nitrogens with zero attached hydrogens (tertiary/aromatic N) is 1. The number of carbonyl (C=O) groups excluding carboxylic acids is 1. The summed E-state index contributed by atoms with van der Waals surface area (Å²) in [6.07, 6.45) is 3.19.